The molecule has 0 unspecified atom stereocenters. The lowest BCUT2D eigenvalue weighted by molar-refractivity contribution is -0.0723. The minimum absolute atomic E-state index is 0.0584. The number of nitrogens with zero attached hydrogens (tertiary/aromatic N) is 2. The van der Waals surface area contributed by atoms with E-state index in [-0.39, 0.29) is 11.5 Å². The third-order valence-electron chi connectivity index (χ3n) is 5.39. The second-order valence-corrected chi connectivity index (χ2v) is 7.40. The van der Waals surface area contributed by atoms with Crippen LogP contribution in [0.5, 0.6) is 0 Å². The third kappa shape index (κ3) is 3.73. The van der Waals surface area contributed by atoms with Crippen molar-refractivity contribution in [2.45, 2.75) is 58.7 Å². The number of piperazine rings is 1. The van der Waals surface area contributed by atoms with Crippen molar-refractivity contribution in [3.63, 3.8) is 0 Å². The Hall–Kier alpha value is -0.160. The molecule has 2 N–H and O–H groups in total. The van der Waals surface area contributed by atoms with Crippen molar-refractivity contribution in [2.24, 2.45) is 5.41 Å². The van der Waals surface area contributed by atoms with Crippen LogP contribution in [0.3, 0.4) is 0 Å². The second kappa shape index (κ2) is 6.73. The standard InChI is InChI=1S/C16H33N3O/c1-13(2)19-10-8-18(9-11-19)7-5-6-17-14-12-15(20)16(14,3)4/h13-15,17,20H,5-12H2,1-4H3/t14-,15-/m1/s1. The number of rotatable bonds is 6. The van der Waals surface area contributed by atoms with Gasteiger partial charge in [-0.15, -0.1) is 0 Å². The van der Waals surface area contributed by atoms with Gasteiger partial charge < -0.3 is 15.3 Å². The second-order valence-electron chi connectivity index (χ2n) is 7.40. The first-order chi connectivity index (χ1) is 9.41. The summed E-state index contributed by atoms with van der Waals surface area (Å²) >= 11 is 0. The Balaban J connectivity index is 1.54. The van der Waals surface area contributed by atoms with Gasteiger partial charge in [-0.2, -0.15) is 0 Å². The molecule has 0 bridgehead atoms. The maximum atomic E-state index is 9.72. The topological polar surface area (TPSA) is 38.7 Å². The molecule has 2 atom stereocenters. The van der Waals surface area contributed by atoms with Crippen molar-refractivity contribution in [3.8, 4) is 0 Å². The van der Waals surface area contributed by atoms with E-state index in [0.29, 0.717) is 12.1 Å². The summed E-state index contributed by atoms with van der Waals surface area (Å²) in [6.45, 7) is 16.0. The number of nitrogens with one attached hydrogen (secondary N) is 1. The van der Waals surface area contributed by atoms with Gasteiger partial charge in [-0.3, -0.25) is 4.90 Å². The van der Waals surface area contributed by atoms with Crippen LogP contribution in [0.15, 0.2) is 0 Å². The van der Waals surface area contributed by atoms with E-state index >= 15 is 0 Å². The predicted molar refractivity (Wildman–Crippen MR) is 84.0 cm³/mol. The van der Waals surface area contributed by atoms with E-state index in [1.807, 2.05) is 0 Å². The Labute approximate surface area is 124 Å². The lowest BCUT2D eigenvalue weighted by Gasteiger charge is -2.49. The summed E-state index contributed by atoms with van der Waals surface area (Å²) in [5.41, 5.74) is 0.0584. The molecule has 2 rings (SSSR count). The lowest BCUT2D eigenvalue weighted by Crippen LogP contribution is -2.60. The smallest absolute Gasteiger partial charge is 0.0621 e. The highest BCUT2D eigenvalue weighted by atomic mass is 16.3. The van der Waals surface area contributed by atoms with Crippen molar-refractivity contribution in [1.82, 2.24) is 15.1 Å². The zero-order valence-corrected chi connectivity index (χ0v) is 13.7. The lowest BCUT2D eigenvalue weighted by atomic mass is 9.64. The fraction of sp³-hybridized carbons (Fsp3) is 1.00. The minimum Gasteiger partial charge on any atom is -0.392 e. The van der Waals surface area contributed by atoms with Gasteiger partial charge >= 0.3 is 0 Å². The summed E-state index contributed by atoms with van der Waals surface area (Å²) in [6, 6.07) is 1.18. The molecule has 0 aromatic heterocycles. The third-order valence-corrected chi connectivity index (χ3v) is 5.39. The molecular weight excluding hydrogens is 250 g/mol. The molecule has 4 nitrogen and oxygen atoms in total. The zero-order valence-electron chi connectivity index (χ0n) is 13.7. The Morgan fingerprint density at radius 2 is 1.85 bits per heavy atom. The fourth-order valence-corrected chi connectivity index (χ4v) is 3.33. The van der Waals surface area contributed by atoms with Gasteiger partial charge in [-0.1, -0.05) is 13.8 Å². The van der Waals surface area contributed by atoms with Crippen LogP contribution in [0, 0.1) is 5.41 Å². The van der Waals surface area contributed by atoms with Crippen molar-refractivity contribution in [2.75, 3.05) is 39.3 Å². The van der Waals surface area contributed by atoms with E-state index in [1.165, 1.54) is 39.1 Å². The average molecular weight is 283 g/mol. The molecule has 1 saturated heterocycles. The van der Waals surface area contributed by atoms with E-state index in [4.69, 9.17) is 0 Å². The Bertz CT molecular complexity index is 298. The summed E-state index contributed by atoms with van der Waals surface area (Å²) in [5, 5.41) is 13.3. The summed E-state index contributed by atoms with van der Waals surface area (Å²) in [7, 11) is 0. The van der Waals surface area contributed by atoms with Crippen molar-refractivity contribution in [1.29, 1.82) is 0 Å². The molecule has 4 heteroatoms. The van der Waals surface area contributed by atoms with Gasteiger partial charge in [0.2, 0.25) is 0 Å². The van der Waals surface area contributed by atoms with Crippen LogP contribution in [-0.2, 0) is 0 Å². The molecule has 1 aliphatic heterocycles. The molecular formula is C16H33N3O. The van der Waals surface area contributed by atoms with Crippen LogP contribution in [0.1, 0.15) is 40.5 Å². The van der Waals surface area contributed by atoms with Crippen LogP contribution in [-0.4, -0.2) is 72.4 Å². The quantitative estimate of drug-likeness (QED) is 0.717. The number of aliphatic hydroxyl groups excluding tert-OH is 1. The van der Waals surface area contributed by atoms with Crippen molar-refractivity contribution < 1.29 is 5.11 Å². The minimum atomic E-state index is -0.121. The van der Waals surface area contributed by atoms with Crippen LogP contribution in [0.4, 0.5) is 0 Å². The largest absolute Gasteiger partial charge is 0.392 e. The van der Waals surface area contributed by atoms with E-state index in [1.54, 1.807) is 0 Å². The van der Waals surface area contributed by atoms with E-state index in [9.17, 15) is 5.11 Å². The highest BCUT2D eigenvalue weighted by molar-refractivity contribution is 5.01. The molecule has 2 fully saturated rings. The highest BCUT2D eigenvalue weighted by Gasteiger charge is 2.46. The Morgan fingerprint density at radius 3 is 2.35 bits per heavy atom. The van der Waals surface area contributed by atoms with Gasteiger partial charge in [0.15, 0.2) is 0 Å². The molecule has 0 spiro atoms. The molecule has 2 aliphatic rings. The van der Waals surface area contributed by atoms with Crippen molar-refractivity contribution in [3.05, 3.63) is 0 Å². The van der Waals surface area contributed by atoms with Crippen LogP contribution in [0.2, 0.25) is 0 Å². The molecule has 1 aliphatic carbocycles. The molecule has 0 aromatic rings. The summed E-state index contributed by atoms with van der Waals surface area (Å²) < 4.78 is 0. The van der Waals surface area contributed by atoms with Gasteiger partial charge in [0.25, 0.3) is 0 Å². The fourth-order valence-electron chi connectivity index (χ4n) is 3.33. The highest BCUT2D eigenvalue weighted by Crippen LogP contribution is 2.40. The van der Waals surface area contributed by atoms with E-state index in [0.717, 1.165) is 13.0 Å². The Kier molecular flexibility index (Phi) is 5.46. The molecule has 1 heterocycles. The van der Waals surface area contributed by atoms with Gasteiger partial charge in [0, 0.05) is 43.7 Å². The Morgan fingerprint density at radius 1 is 1.20 bits per heavy atom. The van der Waals surface area contributed by atoms with E-state index in [2.05, 4.69) is 42.8 Å². The molecule has 1 saturated carbocycles. The molecule has 0 aromatic carbocycles. The van der Waals surface area contributed by atoms with Crippen LogP contribution in [0.25, 0.3) is 0 Å². The van der Waals surface area contributed by atoms with Crippen LogP contribution >= 0.6 is 0 Å². The first-order valence-corrected chi connectivity index (χ1v) is 8.29. The maximum absolute atomic E-state index is 9.72. The van der Waals surface area contributed by atoms with Crippen molar-refractivity contribution >= 4 is 0 Å². The summed E-state index contributed by atoms with van der Waals surface area (Å²) in [6.07, 6.45) is 2.01. The maximum Gasteiger partial charge on any atom is 0.0621 e. The SMILES string of the molecule is CC(C)N1CCN(CCCN[C@@H]2C[C@@H](O)C2(C)C)CC1. The normalized spacial score (nSPS) is 31.5. The predicted octanol–water partition coefficient (Wildman–Crippen LogP) is 1.15. The molecule has 118 valence electrons. The van der Waals surface area contributed by atoms with E-state index < -0.39 is 0 Å². The first kappa shape index (κ1) is 16.2. The molecule has 0 radical (unpaired) electrons. The van der Waals surface area contributed by atoms with Gasteiger partial charge in [-0.25, -0.2) is 0 Å². The van der Waals surface area contributed by atoms with Gasteiger partial charge in [0.05, 0.1) is 6.10 Å². The van der Waals surface area contributed by atoms with Crippen LogP contribution < -0.4 is 5.32 Å². The molecule has 0 amide bonds. The monoisotopic (exact) mass is 283 g/mol. The number of hydrogen-bond donors (Lipinski definition) is 2. The average Bonchev–Trinajstić information content (AvgIpc) is 2.42. The van der Waals surface area contributed by atoms with Gasteiger partial charge in [-0.05, 0) is 39.8 Å². The summed E-state index contributed by atoms with van der Waals surface area (Å²) in [5.74, 6) is 0. The van der Waals surface area contributed by atoms with Gasteiger partial charge in [0.1, 0.15) is 0 Å². The first-order valence-electron chi connectivity index (χ1n) is 8.29. The number of aliphatic hydroxyl groups is 1. The zero-order chi connectivity index (χ0) is 14.8. The summed E-state index contributed by atoms with van der Waals surface area (Å²) in [4.78, 5) is 5.15. The molecule has 20 heavy (non-hydrogen) atoms. The number of hydrogen-bond acceptors (Lipinski definition) is 4.